The van der Waals surface area contributed by atoms with Gasteiger partial charge in [-0.1, -0.05) is 13.3 Å². The lowest BCUT2D eigenvalue weighted by atomic mass is 10.0. The molecule has 1 aliphatic carbocycles. The molecule has 2 nitrogen and oxygen atoms in total. The van der Waals surface area contributed by atoms with Gasteiger partial charge >= 0.3 is 0 Å². The number of thiol groups is 1. The van der Waals surface area contributed by atoms with Crippen LogP contribution in [0.4, 0.5) is 0 Å². The van der Waals surface area contributed by atoms with Crippen molar-refractivity contribution in [2.24, 2.45) is 5.41 Å². The van der Waals surface area contributed by atoms with Crippen LogP contribution in [0.25, 0.3) is 0 Å². The van der Waals surface area contributed by atoms with Gasteiger partial charge in [0.1, 0.15) is 0 Å². The minimum absolute atomic E-state index is 0.264. The van der Waals surface area contributed by atoms with E-state index in [2.05, 4.69) is 26.5 Å². The summed E-state index contributed by atoms with van der Waals surface area (Å²) in [6.07, 6.45) is 5.37. The number of hydrogen-bond acceptors (Lipinski definition) is 2. The highest BCUT2D eigenvalue weighted by Gasteiger charge is 2.43. The van der Waals surface area contributed by atoms with E-state index in [0.717, 1.165) is 31.7 Å². The van der Waals surface area contributed by atoms with E-state index in [9.17, 15) is 4.79 Å². The van der Waals surface area contributed by atoms with Crippen molar-refractivity contribution < 1.29 is 4.79 Å². The van der Waals surface area contributed by atoms with E-state index < -0.39 is 0 Å². The molecule has 0 spiro atoms. The van der Waals surface area contributed by atoms with Crippen molar-refractivity contribution in [3.8, 4) is 0 Å². The van der Waals surface area contributed by atoms with E-state index in [4.69, 9.17) is 0 Å². The molecule has 0 aliphatic heterocycles. The third kappa shape index (κ3) is 3.71. The van der Waals surface area contributed by atoms with E-state index in [0.29, 0.717) is 12.3 Å². The molecule has 1 aliphatic rings. The Morgan fingerprint density at radius 2 is 2.07 bits per heavy atom. The molecule has 0 radical (unpaired) electrons. The average Bonchev–Trinajstić information content (AvgIpc) is 3.00. The Labute approximate surface area is 98.8 Å². The van der Waals surface area contributed by atoms with Crippen LogP contribution in [0.2, 0.25) is 0 Å². The molecule has 0 atom stereocenters. The summed E-state index contributed by atoms with van der Waals surface area (Å²) in [5.41, 5.74) is 0.264. The topological polar surface area (TPSA) is 20.3 Å². The number of amides is 1. The molecule has 0 bridgehead atoms. The predicted molar refractivity (Wildman–Crippen MR) is 67.3 cm³/mol. The highest BCUT2D eigenvalue weighted by molar-refractivity contribution is 7.80. The molecule has 0 N–H and O–H groups in total. The minimum atomic E-state index is 0.264. The van der Waals surface area contributed by atoms with E-state index in [-0.39, 0.29) is 5.41 Å². The van der Waals surface area contributed by atoms with Crippen molar-refractivity contribution in [2.45, 2.75) is 46.0 Å². The van der Waals surface area contributed by atoms with Crippen LogP contribution in [0.15, 0.2) is 0 Å². The van der Waals surface area contributed by atoms with Crippen LogP contribution < -0.4 is 0 Å². The first-order chi connectivity index (χ1) is 7.17. The Hall–Kier alpha value is -0.180. The lowest BCUT2D eigenvalue weighted by Crippen LogP contribution is -2.33. The normalized spacial score (nSPS) is 17.5. The maximum atomic E-state index is 12.0. The standard InChI is InChI=1S/C12H23NOS/c1-3-5-8-13(4-2)11(14)9-12(10-15)6-7-12/h15H,3-10H2,1-2H3. The van der Waals surface area contributed by atoms with Crippen molar-refractivity contribution in [3.05, 3.63) is 0 Å². The summed E-state index contributed by atoms with van der Waals surface area (Å²) in [4.78, 5) is 14.0. The Bertz CT molecular complexity index is 214. The molecule has 0 unspecified atom stereocenters. The number of carbonyl (C=O) groups excluding carboxylic acids is 1. The molecule has 0 saturated heterocycles. The van der Waals surface area contributed by atoms with Gasteiger partial charge < -0.3 is 4.90 Å². The van der Waals surface area contributed by atoms with Gasteiger partial charge in [-0.05, 0) is 37.4 Å². The van der Waals surface area contributed by atoms with Crippen LogP contribution in [0.1, 0.15) is 46.0 Å². The van der Waals surface area contributed by atoms with Crippen LogP contribution in [0.3, 0.4) is 0 Å². The third-order valence-corrected chi connectivity index (χ3v) is 4.01. The molecule has 1 rings (SSSR count). The number of hydrogen-bond donors (Lipinski definition) is 1. The largest absolute Gasteiger partial charge is 0.343 e. The van der Waals surface area contributed by atoms with Crippen molar-refractivity contribution in [1.82, 2.24) is 4.90 Å². The maximum Gasteiger partial charge on any atom is 0.223 e. The van der Waals surface area contributed by atoms with Crippen molar-refractivity contribution in [2.75, 3.05) is 18.8 Å². The molecule has 1 amide bonds. The zero-order chi connectivity index (χ0) is 11.3. The fourth-order valence-corrected chi connectivity index (χ4v) is 2.24. The minimum Gasteiger partial charge on any atom is -0.343 e. The summed E-state index contributed by atoms with van der Waals surface area (Å²) >= 11 is 4.34. The van der Waals surface area contributed by atoms with E-state index >= 15 is 0 Å². The zero-order valence-corrected chi connectivity index (χ0v) is 10.9. The number of unbranched alkanes of at least 4 members (excludes halogenated alkanes) is 1. The second-order valence-corrected chi connectivity index (χ2v) is 4.98. The summed E-state index contributed by atoms with van der Waals surface area (Å²) in [5, 5.41) is 0. The van der Waals surface area contributed by atoms with E-state index in [1.807, 2.05) is 4.90 Å². The summed E-state index contributed by atoms with van der Waals surface area (Å²) in [5.74, 6) is 1.20. The van der Waals surface area contributed by atoms with Crippen LogP contribution in [-0.4, -0.2) is 29.6 Å². The molecular formula is C12H23NOS. The van der Waals surface area contributed by atoms with Crippen LogP contribution >= 0.6 is 12.6 Å². The number of nitrogens with zero attached hydrogens (tertiary/aromatic N) is 1. The average molecular weight is 229 g/mol. The molecule has 15 heavy (non-hydrogen) atoms. The fraction of sp³-hybridized carbons (Fsp3) is 0.917. The maximum absolute atomic E-state index is 12.0. The number of rotatable bonds is 7. The van der Waals surface area contributed by atoms with Crippen molar-refractivity contribution in [3.63, 3.8) is 0 Å². The van der Waals surface area contributed by atoms with Gasteiger partial charge in [-0.3, -0.25) is 4.79 Å². The van der Waals surface area contributed by atoms with Crippen molar-refractivity contribution >= 4 is 18.5 Å². The van der Waals surface area contributed by atoms with E-state index in [1.165, 1.54) is 12.8 Å². The first-order valence-corrected chi connectivity index (χ1v) is 6.69. The lowest BCUT2D eigenvalue weighted by molar-refractivity contribution is -0.132. The van der Waals surface area contributed by atoms with Gasteiger partial charge in [0.25, 0.3) is 0 Å². The molecule has 88 valence electrons. The van der Waals surface area contributed by atoms with E-state index in [1.54, 1.807) is 0 Å². The predicted octanol–water partition coefficient (Wildman–Crippen LogP) is 2.74. The number of carbonyl (C=O) groups is 1. The van der Waals surface area contributed by atoms with Crippen LogP contribution in [0, 0.1) is 5.41 Å². The highest BCUT2D eigenvalue weighted by atomic mass is 32.1. The zero-order valence-electron chi connectivity index (χ0n) is 9.96. The Balaban J connectivity index is 2.36. The Morgan fingerprint density at radius 3 is 2.47 bits per heavy atom. The van der Waals surface area contributed by atoms with Gasteiger partial charge in [0, 0.05) is 19.5 Å². The van der Waals surface area contributed by atoms with Gasteiger partial charge in [-0.25, -0.2) is 0 Å². The highest BCUT2D eigenvalue weighted by Crippen LogP contribution is 2.49. The van der Waals surface area contributed by atoms with Gasteiger partial charge in [0.15, 0.2) is 0 Å². The van der Waals surface area contributed by atoms with Gasteiger partial charge in [0.2, 0.25) is 5.91 Å². The Kier molecular flexibility index (Phi) is 4.97. The SMILES string of the molecule is CCCCN(CC)C(=O)CC1(CS)CC1. The molecular weight excluding hydrogens is 206 g/mol. The second kappa shape index (κ2) is 5.78. The molecule has 0 aromatic heterocycles. The molecule has 0 aromatic rings. The summed E-state index contributed by atoms with van der Waals surface area (Å²) in [6.45, 7) is 6.00. The summed E-state index contributed by atoms with van der Waals surface area (Å²) < 4.78 is 0. The van der Waals surface area contributed by atoms with Gasteiger partial charge in [-0.2, -0.15) is 12.6 Å². The van der Waals surface area contributed by atoms with Crippen LogP contribution in [0.5, 0.6) is 0 Å². The molecule has 0 heterocycles. The molecule has 1 fully saturated rings. The fourth-order valence-electron chi connectivity index (χ4n) is 1.81. The quantitative estimate of drug-likeness (QED) is 0.666. The molecule has 3 heteroatoms. The monoisotopic (exact) mass is 229 g/mol. The van der Waals surface area contributed by atoms with Gasteiger partial charge in [0.05, 0.1) is 0 Å². The first-order valence-electron chi connectivity index (χ1n) is 6.06. The Morgan fingerprint density at radius 1 is 1.40 bits per heavy atom. The lowest BCUT2D eigenvalue weighted by Gasteiger charge is -2.23. The molecule has 1 saturated carbocycles. The molecule has 0 aromatic carbocycles. The third-order valence-electron chi connectivity index (χ3n) is 3.33. The first kappa shape index (κ1) is 12.9. The van der Waals surface area contributed by atoms with Crippen LogP contribution in [-0.2, 0) is 4.79 Å². The van der Waals surface area contributed by atoms with Crippen molar-refractivity contribution in [1.29, 1.82) is 0 Å². The smallest absolute Gasteiger partial charge is 0.223 e. The summed E-state index contributed by atoms with van der Waals surface area (Å²) in [7, 11) is 0. The van der Waals surface area contributed by atoms with Gasteiger partial charge in [-0.15, -0.1) is 0 Å². The summed E-state index contributed by atoms with van der Waals surface area (Å²) in [6, 6.07) is 0. The second-order valence-electron chi connectivity index (χ2n) is 4.66.